The predicted octanol–water partition coefficient (Wildman–Crippen LogP) is -11.0. The Labute approximate surface area is 209 Å². The Balaban J connectivity index is -0.000000218. The lowest BCUT2D eigenvalue weighted by Gasteiger charge is -2.22. The van der Waals surface area contributed by atoms with E-state index in [4.69, 9.17) is 76.6 Å². The van der Waals surface area contributed by atoms with Crippen LogP contribution in [0.2, 0.25) is 0 Å². The third kappa shape index (κ3) is 16.7. The Morgan fingerprint density at radius 3 is 1.00 bits per heavy atom. The first-order valence-electron chi connectivity index (χ1n) is 9.98. The van der Waals surface area contributed by atoms with E-state index >= 15 is 0 Å². The summed E-state index contributed by atoms with van der Waals surface area (Å²) in [5.41, 5.74) is 0. The van der Waals surface area contributed by atoms with Crippen LogP contribution < -0.4 is 0 Å². The van der Waals surface area contributed by atoms with E-state index < -0.39 is 99.4 Å². The monoisotopic (exact) mass is 558 g/mol. The molecule has 4 unspecified atom stereocenters. The van der Waals surface area contributed by atoms with E-state index in [9.17, 15) is 14.4 Å². The van der Waals surface area contributed by atoms with Crippen molar-refractivity contribution in [2.75, 3.05) is 26.4 Å². The predicted molar refractivity (Wildman–Crippen MR) is 115 cm³/mol. The van der Waals surface area contributed by atoms with Gasteiger partial charge in [0.1, 0.15) is 73.8 Å². The zero-order chi connectivity index (χ0) is 29.2. The first-order chi connectivity index (χ1) is 16.6. The van der Waals surface area contributed by atoms with E-state index in [1.54, 1.807) is 0 Å². The van der Waals surface area contributed by atoms with Crippen LogP contribution in [0.25, 0.3) is 0 Å². The molecular weight excluding hydrogens is 520 g/mol. The molecule has 19 heteroatoms. The molecule has 224 valence electrons. The lowest BCUT2D eigenvalue weighted by Crippen LogP contribution is -2.46. The third-order valence-corrected chi connectivity index (χ3v) is 4.23. The van der Waals surface area contributed by atoms with Crippen LogP contribution in [0, 0.1) is 0 Å². The smallest absolute Gasteiger partial charge is 0.189 e. The quantitative estimate of drug-likeness (QED) is 0.0829. The fraction of sp³-hybridized carbons (Fsp3) is 0.833. The van der Waals surface area contributed by atoms with Crippen LogP contribution in [-0.2, 0) is 14.4 Å². The molecule has 19 nitrogen and oxygen atoms in total. The Hall–Kier alpha value is -1.63. The molecule has 0 aliphatic rings. The van der Waals surface area contributed by atoms with Crippen LogP contribution in [-0.4, -0.2) is 194 Å². The molecule has 0 aromatic carbocycles. The van der Waals surface area contributed by atoms with Crippen molar-refractivity contribution in [1.82, 2.24) is 0 Å². The first kappa shape index (κ1) is 42.5. The van der Waals surface area contributed by atoms with Crippen molar-refractivity contribution < 1.29 is 96.5 Å². The number of aldehydes is 2. The molecule has 0 aromatic rings. The van der Waals surface area contributed by atoms with Crippen molar-refractivity contribution in [3.63, 3.8) is 0 Å². The summed E-state index contributed by atoms with van der Waals surface area (Å²) in [7, 11) is 0. The lowest BCUT2D eigenvalue weighted by molar-refractivity contribution is -0.142. The summed E-state index contributed by atoms with van der Waals surface area (Å²) in [6, 6.07) is 0. The molecule has 37 heavy (non-hydrogen) atoms. The van der Waals surface area contributed by atoms with Crippen LogP contribution in [0.5, 0.6) is 0 Å². The first-order valence-corrected chi connectivity index (χ1v) is 9.98. The van der Waals surface area contributed by atoms with Gasteiger partial charge in [0, 0.05) is 0 Å². The lowest BCUT2D eigenvalue weighted by atomic mass is 10.0. The van der Waals surface area contributed by atoms with Gasteiger partial charge in [-0.25, -0.2) is 0 Å². The molecule has 0 heterocycles. The molecule has 0 saturated heterocycles. The minimum absolute atomic E-state index is 0. The number of rotatable bonds is 15. The average molecular weight is 558 g/mol. The van der Waals surface area contributed by atoms with Crippen molar-refractivity contribution in [1.29, 1.82) is 0 Å². The van der Waals surface area contributed by atoms with Crippen LogP contribution >= 0.6 is 0 Å². The van der Waals surface area contributed by atoms with E-state index in [-0.39, 0.29) is 18.0 Å². The van der Waals surface area contributed by atoms with Crippen LogP contribution in [0.1, 0.15) is 0 Å². The number of ketones is 1. The second-order valence-corrected chi connectivity index (χ2v) is 7.03. The zero-order valence-electron chi connectivity index (χ0n) is 19.3. The summed E-state index contributed by atoms with van der Waals surface area (Å²) < 4.78 is 0. The zero-order valence-corrected chi connectivity index (χ0v) is 19.3. The average Bonchev–Trinajstić information content (AvgIpc) is 2.92. The van der Waals surface area contributed by atoms with Gasteiger partial charge in [0.2, 0.25) is 0 Å². The molecule has 0 fully saturated rings. The molecular formula is C18H38O19. The molecule has 0 bridgehead atoms. The highest BCUT2D eigenvalue weighted by atomic mass is 16.4. The number of aliphatic hydroxyl groups excluding tert-OH is 15. The minimum Gasteiger partial charge on any atom is -0.412 e. The molecule has 0 saturated carbocycles. The molecule has 0 rings (SSSR count). The highest BCUT2D eigenvalue weighted by Gasteiger charge is 2.31. The van der Waals surface area contributed by atoms with Gasteiger partial charge in [-0.2, -0.15) is 0 Å². The summed E-state index contributed by atoms with van der Waals surface area (Å²) in [6.45, 7) is -3.21. The Kier molecular flexibility index (Phi) is 26.9. The van der Waals surface area contributed by atoms with Gasteiger partial charge in [-0.05, 0) is 0 Å². The van der Waals surface area contributed by atoms with Gasteiger partial charge in [0.25, 0.3) is 0 Å². The maximum Gasteiger partial charge on any atom is 0.189 e. The number of carbonyl (C=O) groups is 3. The van der Waals surface area contributed by atoms with Crippen molar-refractivity contribution in [2.45, 2.75) is 67.1 Å². The molecule has 0 aromatic heterocycles. The Morgan fingerprint density at radius 1 is 0.514 bits per heavy atom. The van der Waals surface area contributed by atoms with Gasteiger partial charge in [0.05, 0.1) is 19.8 Å². The van der Waals surface area contributed by atoms with Gasteiger partial charge in [0.15, 0.2) is 18.4 Å². The summed E-state index contributed by atoms with van der Waals surface area (Å²) in [6.07, 6.45) is -18.9. The van der Waals surface area contributed by atoms with Gasteiger partial charge < -0.3 is 91.7 Å². The van der Waals surface area contributed by atoms with Crippen molar-refractivity contribution in [3.8, 4) is 0 Å². The summed E-state index contributed by atoms with van der Waals surface area (Å²) in [4.78, 5) is 30.3. The maximum atomic E-state index is 10.5. The molecule has 17 N–H and O–H groups in total. The summed E-state index contributed by atoms with van der Waals surface area (Å²) in [5.74, 6) is -1.00. The Bertz CT molecular complexity index is 547. The van der Waals surface area contributed by atoms with E-state index in [0.29, 0.717) is 0 Å². The fourth-order valence-electron chi connectivity index (χ4n) is 1.84. The van der Waals surface area contributed by atoms with Crippen LogP contribution in [0.15, 0.2) is 0 Å². The van der Waals surface area contributed by atoms with Gasteiger partial charge in [-0.1, -0.05) is 0 Å². The highest BCUT2D eigenvalue weighted by Crippen LogP contribution is 2.04. The van der Waals surface area contributed by atoms with E-state index in [1.165, 1.54) is 0 Å². The normalized spacial score (nSPS) is 19.6. The van der Waals surface area contributed by atoms with Gasteiger partial charge >= 0.3 is 0 Å². The number of aliphatic hydroxyl groups is 15. The van der Waals surface area contributed by atoms with Crippen LogP contribution in [0.3, 0.4) is 0 Å². The molecule has 0 radical (unpaired) electrons. The molecule has 11 atom stereocenters. The highest BCUT2D eigenvalue weighted by molar-refractivity contribution is 5.84. The molecule has 0 spiro atoms. The second kappa shape index (κ2) is 23.5. The van der Waals surface area contributed by atoms with Gasteiger partial charge in [-0.15, -0.1) is 0 Å². The minimum atomic E-state index is -1.86. The molecule has 0 aliphatic carbocycles. The fourth-order valence-corrected chi connectivity index (χ4v) is 1.84. The maximum absolute atomic E-state index is 10.5. The number of hydrogen-bond acceptors (Lipinski definition) is 18. The van der Waals surface area contributed by atoms with Crippen LogP contribution in [0.4, 0.5) is 0 Å². The summed E-state index contributed by atoms with van der Waals surface area (Å²) >= 11 is 0. The molecule has 0 amide bonds. The second-order valence-electron chi connectivity index (χ2n) is 7.03. The standard InChI is InChI=1S/3C6H12O6.H2O/c3*7-1-3(9)5(11)6(12)4(10)2-8;/h3,5-9,11-12H,1-2H2;2*1,3-6,8-12H,2H2;1H2/t3?,5-,6-;3?,4?,5-,6-;3-,4?,5+,6+;/m110./s1. The van der Waals surface area contributed by atoms with E-state index in [0.717, 1.165) is 0 Å². The van der Waals surface area contributed by atoms with Crippen molar-refractivity contribution in [2.24, 2.45) is 0 Å². The van der Waals surface area contributed by atoms with E-state index in [1.807, 2.05) is 0 Å². The largest absolute Gasteiger partial charge is 0.412 e. The van der Waals surface area contributed by atoms with Crippen molar-refractivity contribution >= 4 is 18.4 Å². The third-order valence-electron chi connectivity index (χ3n) is 4.23. The van der Waals surface area contributed by atoms with E-state index in [2.05, 4.69) is 0 Å². The number of hydrogen-bond donors (Lipinski definition) is 15. The molecule has 0 aliphatic heterocycles. The summed E-state index contributed by atoms with van der Waals surface area (Å²) in [5, 5.41) is 130. The SMILES string of the molecule is O.O=C(CO)[C@@H](O)[C@H](O)C(O)CO.O=CC(O)[C@@H](O)[C@H](O)C(O)CO.O=C[C@H](O)[C@@H](O)[C@H](O)C(O)CO. The topological polar surface area (TPSA) is 386 Å². The van der Waals surface area contributed by atoms with Gasteiger partial charge in [-0.3, -0.25) is 4.79 Å². The number of carbonyl (C=O) groups excluding carboxylic acids is 3. The number of Topliss-reactive ketones (excluding diaryl/α,β-unsaturated/α-hetero) is 1. The Morgan fingerprint density at radius 2 is 0.784 bits per heavy atom. The van der Waals surface area contributed by atoms with Crippen molar-refractivity contribution in [3.05, 3.63) is 0 Å².